The molecule has 4 nitrogen and oxygen atoms in total. The summed E-state index contributed by atoms with van der Waals surface area (Å²) >= 11 is 1.56. The van der Waals surface area contributed by atoms with Gasteiger partial charge >= 0.3 is 0 Å². The van der Waals surface area contributed by atoms with Crippen LogP contribution >= 0.6 is 11.3 Å². The Balaban J connectivity index is 1.67. The van der Waals surface area contributed by atoms with E-state index in [9.17, 15) is 4.79 Å². The molecular weight excluding hydrogens is 270 g/mol. The number of likely N-dealkylation sites (tertiary alicyclic amines) is 1. The van der Waals surface area contributed by atoms with Crippen molar-refractivity contribution in [2.24, 2.45) is 11.8 Å². The Hall–Kier alpha value is -0.910. The average molecular weight is 293 g/mol. The highest BCUT2D eigenvalue weighted by molar-refractivity contribution is 7.14. The normalized spacial score (nSPS) is 27.1. The van der Waals surface area contributed by atoms with Crippen molar-refractivity contribution in [3.8, 4) is 0 Å². The molecule has 20 heavy (non-hydrogen) atoms. The molecule has 1 aliphatic carbocycles. The van der Waals surface area contributed by atoms with E-state index in [0.29, 0.717) is 4.88 Å². The van der Waals surface area contributed by atoms with Gasteiger partial charge in [0, 0.05) is 17.5 Å². The Morgan fingerprint density at radius 2 is 2.10 bits per heavy atom. The van der Waals surface area contributed by atoms with Crippen LogP contribution < -0.4 is 11.3 Å². The quantitative estimate of drug-likeness (QED) is 0.511. The Bertz CT molecular complexity index is 471. The van der Waals surface area contributed by atoms with Gasteiger partial charge in [-0.3, -0.25) is 15.1 Å². The molecule has 1 amide bonds. The van der Waals surface area contributed by atoms with Gasteiger partial charge in [-0.25, -0.2) is 5.84 Å². The highest BCUT2D eigenvalue weighted by Gasteiger charge is 2.33. The molecular formula is C15H23N3OS. The van der Waals surface area contributed by atoms with Crippen molar-refractivity contribution in [2.75, 3.05) is 6.54 Å². The number of rotatable bonds is 3. The molecule has 5 heteroatoms. The number of piperidine rings is 1. The average Bonchev–Trinajstić information content (AvgIpc) is 2.95. The topological polar surface area (TPSA) is 58.4 Å². The summed E-state index contributed by atoms with van der Waals surface area (Å²) in [7, 11) is 0. The lowest BCUT2D eigenvalue weighted by Gasteiger charge is -2.44. The van der Waals surface area contributed by atoms with Gasteiger partial charge in [0.05, 0.1) is 4.88 Å². The van der Waals surface area contributed by atoms with Gasteiger partial charge in [0.25, 0.3) is 5.91 Å². The van der Waals surface area contributed by atoms with Crippen LogP contribution in [0.25, 0.3) is 0 Å². The second kappa shape index (κ2) is 6.24. The van der Waals surface area contributed by atoms with Crippen molar-refractivity contribution < 1.29 is 4.79 Å². The molecule has 1 aromatic rings. The van der Waals surface area contributed by atoms with Crippen molar-refractivity contribution in [1.82, 2.24) is 10.3 Å². The van der Waals surface area contributed by atoms with Crippen molar-refractivity contribution in [1.29, 1.82) is 0 Å². The second-order valence-corrected chi connectivity index (χ2v) is 7.13. The molecule has 2 atom stereocenters. The molecule has 2 heterocycles. The molecule has 0 unspecified atom stereocenters. The number of hydrogen-bond donors (Lipinski definition) is 2. The Morgan fingerprint density at radius 3 is 2.95 bits per heavy atom. The number of nitrogens with one attached hydrogen (secondary N) is 1. The summed E-state index contributed by atoms with van der Waals surface area (Å²) in [6.45, 7) is 2.20. The van der Waals surface area contributed by atoms with Gasteiger partial charge in [-0.1, -0.05) is 12.8 Å². The first-order chi connectivity index (χ1) is 9.78. The first-order valence-electron chi connectivity index (χ1n) is 7.61. The SMILES string of the molecule is NNC(=O)c1ccc(CN2CCC[C@H]3CCCC[C@H]32)s1. The van der Waals surface area contributed by atoms with Crippen LogP contribution in [-0.2, 0) is 6.54 Å². The number of carbonyl (C=O) groups excluding carboxylic acids is 1. The molecule has 1 aliphatic heterocycles. The summed E-state index contributed by atoms with van der Waals surface area (Å²) < 4.78 is 0. The zero-order valence-electron chi connectivity index (χ0n) is 11.8. The van der Waals surface area contributed by atoms with Gasteiger partial charge in [0.1, 0.15) is 0 Å². The monoisotopic (exact) mass is 293 g/mol. The molecule has 1 aromatic heterocycles. The minimum Gasteiger partial charge on any atom is -0.295 e. The van der Waals surface area contributed by atoms with Gasteiger partial charge in [-0.05, 0) is 50.3 Å². The van der Waals surface area contributed by atoms with E-state index in [2.05, 4.69) is 16.4 Å². The van der Waals surface area contributed by atoms with Crippen LogP contribution in [0.15, 0.2) is 12.1 Å². The van der Waals surface area contributed by atoms with E-state index in [-0.39, 0.29) is 5.91 Å². The molecule has 0 bridgehead atoms. The third-order valence-electron chi connectivity index (χ3n) is 4.73. The molecule has 110 valence electrons. The van der Waals surface area contributed by atoms with Crippen molar-refractivity contribution in [3.05, 3.63) is 21.9 Å². The largest absolute Gasteiger partial charge is 0.295 e. The van der Waals surface area contributed by atoms with Crippen molar-refractivity contribution in [3.63, 3.8) is 0 Å². The van der Waals surface area contributed by atoms with E-state index >= 15 is 0 Å². The van der Waals surface area contributed by atoms with Crippen LogP contribution in [0.2, 0.25) is 0 Å². The molecule has 0 aromatic carbocycles. The summed E-state index contributed by atoms with van der Waals surface area (Å²) in [6, 6.07) is 4.72. The zero-order chi connectivity index (χ0) is 13.9. The zero-order valence-corrected chi connectivity index (χ0v) is 12.6. The number of amides is 1. The number of nitrogen functional groups attached to an aromatic ring is 1. The summed E-state index contributed by atoms with van der Waals surface area (Å²) in [5, 5.41) is 0. The molecule has 1 saturated carbocycles. The number of hydrazine groups is 1. The fraction of sp³-hybridized carbons (Fsp3) is 0.667. The van der Waals surface area contributed by atoms with E-state index in [1.54, 1.807) is 11.3 Å². The first kappa shape index (κ1) is 14.0. The molecule has 2 fully saturated rings. The van der Waals surface area contributed by atoms with Gasteiger partial charge < -0.3 is 0 Å². The van der Waals surface area contributed by atoms with Crippen LogP contribution in [0.4, 0.5) is 0 Å². The van der Waals surface area contributed by atoms with E-state index in [1.807, 2.05) is 6.07 Å². The maximum absolute atomic E-state index is 11.5. The Kier molecular flexibility index (Phi) is 4.38. The van der Waals surface area contributed by atoms with Gasteiger partial charge in [0.2, 0.25) is 0 Å². The van der Waals surface area contributed by atoms with Gasteiger partial charge in [0.15, 0.2) is 0 Å². The van der Waals surface area contributed by atoms with Gasteiger partial charge in [-0.15, -0.1) is 11.3 Å². The van der Waals surface area contributed by atoms with Crippen LogP contribution in [0.1, 0.15) is 53.1 Å². The number of carbonyl (C=O) groups is 1. The highest BCUT2D eigenvalue weighted by atomic mass is 32.1. The lowest BCUT2D eigenvalue weighted by Crippen LogP contribution is -2.46. The number of hydrogen-bond acceptors (Lipinski definition) is 4. The summed E-state index contributed by atoms with van der Waals surface area (Å²) in [4.78, 5) is 16.1. The third kappa shape index (κ3) is 2.90. The molecule has 3 N–H and O–H groups in total. The van der Waals surface area contributed by atoms with Crippen molar-refractivity contribution >= 4 is 17.2 Å². The smallest absolute Gasteiger partial charge is 0.275 e. The minimum atomic E-state index is -0.185. The molecule has 1 saturated heterocycles. The summed E-state index contributed by atoms with van der Waals surface area (Å²) in [5.74, 6) is 5.90. The van der Waals surface area contributed by atoms with E-state index in [4.69, 9.17) is 5.84 Å². The maximum atomic E-state index is 11.5. The molecule has 3 rings (SSSR count). The minimum absolute atomic E-state index is 0.185. The predicted octanol–water partition coefficient (Wildman–Crippen LogP) is 2.51. The Morgan fingerprint density at radius 1 is 1.30 bits per heavy atom. The maximum Gasteiger partial charge on any atom is 0.275 e. The lowest BCUT2D eigenvalue weighted by atomic mass is 9.78. The van der Waals surface area contributed by atoms with E-state index < -0.39 is 0 Å². The van der Waals surface area contributed by atoms with E-state index in [0.717, 1.165) is 18.5 Å². The van der Waals surface area contributed by atoms with Crippen LogP contribution in [0.5, 0.6) is 0 Å². The number of thiophene rings is 1. The summed E-state index contributed by atoms with van der Waals surface area (Å²) in [5.41, 5.74) is 2.20. The fourth-order valence-corrected chi connectivity index (χ4v) is 4.72. The van der Waals surface area contributed by atoms with E-state index in [1.165, 1.54) is 49.9 Å². The van der Waals surface area contributed by atoms with Crippen LogP contribution in [0, 0.1) is 5.92 Å². The summed E-state index contributed by atoms with van der Waals surface area (Å²) in [6.07, 6.45) is 8.28. The van der Waals surface area contributed by atoms with Crippen molar-refractivity contribution in [2.45, 2.75) is 51.1 Å². The first-order valence-corrected chi connectivity index (χ1v) is 8.43. The third-order valence-corrected chi connectivity index (χ3v) is 5.80. The second-order valence-electron chi connectivity index (χ2n) is 5.96. The molecule has 2 aliphatic rings. The number of fused-ring (bicyclic) bond motifs is 1. The molecule has 0 radical (unpaired) electrons. The number of nitrogens with two attached hydrogens (primary N) is 1. The predicted molar refractivity (Wildman–Crippen MR) is 81.4 cm³/mol. The lowest BCUT2D eigenvalue weighted by molar-refractivity contribution is 0.0555. The van der Waals surface area contributed by atoms with Crippen LogP contribution in [-0.4, -0.2) is 23.4 Å². The van der Waals surface area contributed by atoms with Crippen LogP contribution in [0.3, 0.4) is 0 Å². The fourth-order valence-electron chi connectivity index (χ4n) is 3.78. The Labute approximate surface area is 124 Å². The highest BCUT2D eigenvalue weighted by Crippen LogP contribution is 2.36. The standard InChI is InChI=1S/C15H23N3OS/c16-17-15(19)14-8-7-12(20-14)10-18-9-3-5-11-4-1-2-6-13(11)18/h7-8,11,13H,1-6,9-10,16H2,(H,17,19)/t11-,13-/m1/s1. The molecule has 0 spiro atoms. The van der Waals surface area contributed by atoms with Gasteiger partial charge in [-0.2, -0.15) is 0 Å². The number of nitrogens with zero attached hydrogens (tertiary/aromatic N) is 1.